The number of amides is 1. The smallest absolute Gasteiger partial charge is 0.415 e. The molecule has 0 spiro atoms. The molecule has 0 saturated heterocycles. The summed E-state index contributed by atoms with van der Waals surface area (Å²) in [6.45, 7) is 0. The van der Waals surface area contributed by atoms with Crippen LogP contribution in [0.25, 0.3) is 16.9 Å². The molecule has 0 unspecified atom stereocenters. The summed E-state index contributed by atoms with van der Waals surface area (Å²) in [6, 6.07) is 12.9. The standard InChI is InChI=1S/C16H11Cl2NO2S.C2H4ClNO/c1-22-12-5-2-10(3-6-12)15-9-21-16(20)19(15)11-4-7-13(17)14(18)8-11;3-1-2(4)5/h2-9H,1H3;1H2,(H2,4,5). The maximum atomic E-state index is 12.0. The molecule has 9 heteroatoms. The maximum absolute atomic E-state index is 12.0. The molecular formula is C18H15Cl3N2O3S. The van der Waals surface area contributed by atoms with Gasteiger partial charge in [-0.15, -0.1) is 23.4 Å². The topological polar surface area (TPSA) is 78.2 Å². The number of oxazole rings is 1. The molecule has 0 radical (unpaired) electrons. The summed E-state index contributed by atoms with van der Waals surface area (Å²) < 4.78 is 6.53. The lowest BCUT2D eigenvalue weighted by atomic mass is 10.1. The highest BCUT2D eigenvalue weighted by Crippen LogP contribution is 2.28. The average molecular weight is 446 g/mol. The summed E-state index contributed by atoms with van der Waals surface area (Å²) in [5, 5.41) is 0.823. The van der Waals surface area contributed by atoms with Crippen LogP contribution < -0.4 is 11.5 Å². The van der Waals surface area contributed by atoms with Gasteiger partial charge in [0.15, 0.2) is 0 Å². The van der Waals surface area contributed by atoms with E-state index < -0.39 is 11.7 Å². The van der Waals surface area contributed by atoms with Crippen molar-refractivity contribution in [2.24, 2.45) is 5.73 Å². The number of benzene rings is 2. The van der Waals surface area contributed by atoms with Gasteiger partial charge >= 0.3 is 5.76 Å². The van der Waals surface area contributed by atoms with E-state index in [0.29, 0.717) is 21.4 Å². The fraction of sp³-hybridized carbons (Fsp3) is 0.111. The molecule has 27 heavy (non-hydrogen) atoms. The minimum absolute atomic E-state index is 0.0833. The van der Waals surface area contributed by atoms with E-state index in [9.17, 15) is 9.59 Å². The Balaban J connectivity index is 0.000000465. The number of rotatable bonds is 4. The predicted molar refractivity (Wildman–Crippen MR) is 111 cm³/mol. The van der Waals surface area contributed by atoms with E-state index in [1.165, 1.54) is 10.8 Å². The van der Waals surface area contributed by atoms with Crippen LogP contribution in [-0.4, -0.2) is 22.6 Å². The monoisotopic (exact) mass is 444 g/mol. The van der Waals surface area contributed by atoms with Crippen LogP contribution in [-0.2, 0) is 4.79 Å². The van der Waals surface area contributed by atoms with Gasteiger partial charge in [-0.1, -0.05) is 35.3 Å². The van der Waals surface area contributed by atoms with Crippen molar-refractivity contribution < 1.29 is 9.21 Å². The summed E-state index contributed by atoms with van der Waals surface area (Å²) in [6.07, 6.45) is 3.46. The first-order valence-corrected chi connectivity index (χ1v) is 10.0. The van der Waals surface area contributed by atoms with E-state index in [-0.39, 0.29) is 5.88 Å². The summed E-state index contributed by atoms with van der Waals surface area (Å²) in [5.74, 6) is -1.03. The van der Waals surface area contributed by atoms with E-state index in [1.807, 2.05) is 30.5 Å². The normalized spacial score (nSPS) is 10.2. The number of hydrogen-bond donors (Lipinski definition) is 1. The Hall–Kier alpha value is -1.86. The van der Waals surface area contributed by atoms with E-state index in [2.05, 4.69) is 5.73 Å². The maximum Gasteiger partial charge on any atom is 0.424 e. The molecule has 5 nitrogen and oxygen atoms in total. The lowest BCUT2D eigenvalue weighted by Gasteiger charge is -2.08. The summed E-state index contributed by atoms with van der Waals surface area (Å²) >= 11 is 18.5. The van der Waals surface area contributed by atoms with Gasteiger partial charge in [0.1, 0.15) is 12.1 Å². The number of primary amides is 1. The molecule has 2 aromatic carbocycles. The van der Waals surface area contributed by atoms with E-state index in [1.54, 1.807) is 30.0 Å². The Morgan fingerprint density at radius 3 is 2.30 bits per heavy atom. The number of thioether (sulfide) groups is 1. The molecule has 0 fully saturated rings. The SMILES string of the molecule is CSc1ccc(-c2coc(=O)n2-c2ccc(Cl)c(Cl)c2)cc1.NC(=O)CCl. The fourth-order valence-corrected chi connectivity index (χ4v) is 2.84. The van der Waals surface area contributed by atoms with Gasteiger partial charge in [-0.25, -0.2) is 9.36 Å². The highest BCUT2D eigenvalue weighted by atomic mass is 35.5. The minimum atomic E-state index is -0.480. The van der Waals surface area contributed by atoms with Gasteiger partial charge in [-0.05, 0) is 36.6 Å². The van der Waals surface area contributed by atoms with Gasteiger partial charge in [-0.3, -0.25) is 4.79 Å². The molecule has 2 N–H and O–H groups in total. The number of carbonyl (C=O) groups excluding carboxylic acids is 1. The molecule has 0 saturated carbocycles. The van der Waals surface area contributed by atoms with Gasteiger partial charge in [0, 0.05) is 10.5 Å². The molecule has 0 bridgehead atoms. The number of aromatic nitrogens is 1. The first kappa shape index (κ1) is 21.4. The zero-order chi connectivity index (χ0) is 20.0. The molecule has 0 aliphatic carbocycles. The van der Waals surface area contributed by atoms with E-state index in [0.717, 1.165) is 10.5 Å². The van der Waals surface area contributed by atoms with Crippen molar-refractivity contribution in [1.29, 1.82) is 0 Å². The molecular weight excluding hydrogens is 431 g/mol. The zero-order valence-electron chi connectivity index (χ0n) is 14.1. The first-order chi connectivity index (χ1) is 12.9. The van der Waals surface area contributed by atoms with Crippen LogP contribution in [0.5, 0.6) is 0 Å². The average Bonchev–Trinajstić information content (AvgIpc) is 3.06. The van der Waals surface area contributed by atoms with Gasteiger partial charge in [0.05, 0.1) is 21.4 Å². The number of alkyl halides is 1. The van der Waals surface area contributed by atoms with Crippen LogP contribution in [0.4, 0.5) is 0 Å². The van der Waals surface area contributed by atoms with E-state index in [4.69, 9.17) is 39.2 Å². The number of nitrogens with zero attached hydrogens (tertiary/aromatic N) is 1. The van der Waals surface area contributed by atoms with Crippen molar-refractivity contribution in [3.05, 3.63) is 69.3 Å². The van der Waals surface area contributed by atoms with Crippen molar-refractivity contribution in [3.63, 3.8) is 0 Å². The molecule has 0 aliphatic heterocycles. The van der Waals surface area contributed by atoms with Gasteiger partial charge in [0.2, 0.25) is 5.91 Å². The Morgan fingerprint density at radius 1 is 1.15 bits per heavy atom. The molecule has 1 heterocycles. The Morgan fingerprint density at radius 2 is 1.78 bits per heavy atom. The number of nitrogens with two attached hydrogens (primary N) is 1. The molecule has 1 amide bonds. The number of carbonyl (C=O) groups is 1. The number of hydrogen-bond acceptors (Lipinski definition) is 4. The highest BCUT2D eigenvalue weighted by molar-refractivity contribution is 7.98. The Bertz CT molecular complexity index is 984. The summed E-state index contributed by atoms with van der Waals surface area (Å²) in [4.78, 5) is 22.7. The highest BCUT2D eigenvalue weighted by Gasteiger charge is 2.13. The fourth-order valence-electron chi connectivity index (χ4n) is 2.14. The van der Waals surface area contributed by atoms with Crippen LogP contribution in [0.1, 0.15) is 0 Å². The second kappa shape index (κ2) is 9.90. The number of halogens is 3. The quantitative estimate of drug-likeness (QED) is 0.460. The predicted octanol–water partition coefficient (Wildman–Crippen LogP) is 4.84. The lowest BCUT2D eigenvalue weighted by Crippen LogP contribution is -2.13. The van der Waals surface area contributed by atoms with Crippen molar-refractivity contribution in [2.45, 2.75) is 4.90 Å². The molecule has 3 rings (SSSR count). The molecule has 0 aliphatic rings. The Labute approximate surface area is 175 Å². The molecule has 3 aromatic rings. The third-order valence-corrected chi connectivity index (χ3v) is 5.12. The second-order valence-corrected chi connectivity index (χ2v) is 7.11. The Kier molecular flexibility index (Phi) is 7.86. The van der Waals surface area contributed by atoms with Crippen LogP contribution in [0.15, 0.2) is 62.8 Å². The largest absolute Gasteiger partial charge is 0.424 e. The van der Waals surface area contributed by atoms with Crippen LogP contribution in [0.3, 0.4) is 0 Å². The van der Waals surface area contributed by atoms with Crippen molar-refractivity contribution in [3.8, 4) is 16.9 Å². The second-order valence-electron chi connectivity index (χ2n) is 5.15. The summed E-state index contributed by atoms with van der Waals surface area (Å²) in [7, 11) is 0. The van der Waals surface area contributed by atoms with Gasteiger partial charge in [-0.2, -0.15) is 0 Å². The van der Waals surface area contributed by atoms with Crippen molar-refractivity contribution in [2.75, 3.05) is 12.1 Å². The first-order valence-electron chi connectivity index (χ1n) is 7.52. The van der Waals surface area contributed by atoms with Gasteiger partial charge in [0.25, 0.3) is 0 Å². The third kappa shape index (κ3) is 5.56. The molecule has 1 aromatic heterocycles. The lowest BCUT2D eigenvalue weighted by molar-refractivity contribution is -0.115. The van der Waals surface area contributed by atoms with Crippen LogP contribution >= 0.6 is 46.6 Å². The third-order valence-electron chi connectivity index (χ3n) is 3.37. The summed E-state index contributed by atoms with van der Waals surface area (Å²) in [5.41, 5.74) is 6.68. The molecule has 0 atom stereocenters. The van der Waals surface area contributed by atoms with Crippen molar-refractivity contribution in [1.82, 2.24) is 4.57 Å². The van der Waals surface area contributed by atoms with Crippen molar-refractivity contribution >= 4 is 52.5 Å². The minimum Gasteiger partial charge on any atom is -0.415 e. The van der Waals surface area contributed by atoms with Gasteiger partial charge < -0.3 is 10.2 Å². The zero-order valence-corrected chi connectivity index (χ0v) is 17.2. The van der Waals surface area contributed by atoms with Crippen LogP contribution in [0, 0.1) is 0 Å². The molecule has 142 valence electrons. The van der Waals surface area contributed by atoms with E-state index >= 15 is 0 Å². The van der Waals surface area contributed by atoms with Crippen LogP contribution in [0.2, 0.25) is 10.0 Å².